The van der Waals surface area contributed by atoms with Crippen LogP contribution in [0.2, 0.25) is 0 Å². The number of benzene rings is 2. The molecule has 0 N–H and O–H groups in total. The Bertz CT molecular complexity index is 2150. The highest BCUT2D eigenvalue weighted by Crippen LogP contribution is 2.33. The van der Waals surface area contributed by atoms with Gasteiger partial charge in [-0.25, -0.2) is 28.1 Å². The first kappa shape index (κ1) is 32.5. The van der Waals surface area contributed by atoms with E-state index >= 15 is 0 Å². The highest BCUT2D eigenvalue weighted by Gasteiger charge is 2.31. The van der Waals surface area contributed by atoms with Crippen LogP contribution in [0.25, 0.3) is 21.0 Å². The molecule has 246 valence electrons. The van der Waals surface area contributed by atoms with Crippen LogP contribution >= 0.6 is 11.3 Å². The van der Waals surface area contributed by atoms with E-state index in [1.807, 2.05) is 4.90 Å². The van der Waals surface area contributed by atoms with Crippen LogP contribution < -0.4 is 10.5 Å². The highest BCUT2D eigenvalue weighted by molar-refractivity contribution is 7.88. The largest absolute Gasteiger partial charge is 0.454 e. The summed E-state index contributed by atoms with van der Waals surface area (Å²) in [5.74, 6) is 0.194. The maximum Gasteiger partial charge on any atom is 0.416 e. The van der Waals surface area contributed by atoms with Gasteiger partial charge in [0.25, 0.3) is 5.56 Å². The van der Waals surface area contributed by atoms with E-state index in [1.165, 1.54) is 16.6 Å². The lowest BCUT2D eigenvalue weighted by Crippen LogP contribution is -2.48. The van der Waals surface area contributed by atoms with Crippen molar-refractivity contribution in [3.63, 3.8) is 0 Å². The Kier molecular flexibility index (Phi) is 8.71. The smallest absolute Gasteiger partial charge is 0.416 e. The SMILES string of the molecule is CC(OC(=O)Cc1nn(Cc2nc3cc(C(F)(F)F)ccc3s2)c(=O)c2ccccc12)c1nccc(N2CCN(S(C)(=O)=O)CC2)n1. The number of anilines is 1. The van der Waals surface area contributed by atoms with Crippen LogP contribution in [0.3, 0.4) is 0 Å². The van der Waals surface area contributed by atoms with Gasteiger partial charge in [0.1, 0.15) is 10.8 Å². The number of hydrogen-bond donors (Lipinski definition) is 0. The number of piperazine rings is 1. The predicted octanol–water partition coefficient (Wildman–Crippen LogP) is 3.79. The van der Waals surface area contributed by atoms with Crippen LogP contribution in [-0.4, -0.2) is 75.9 Å². The molecule has 47 heavy (non-hydrogen) atoms. The Morgan fingerprint density at radius 2 is 1.77 bits per heavy atom. The molecule has 1 aliphatic rings. The predicted molar refractivity (Wildman–Crippen MR) is 169 cm³/mol. The fourth-order valence-corrected chi connectivity index (χ4v) is 7.06. The zero-order valence-electron chi connectivity index (χ0n) is 25.1. The van der Waals surface area contributed by atoms with Crippen molar-refractivity contribution in [2.75, 3.05) is 37.3 Å². The molecular formula is C30H28F3N7O5S2. The van der Waals surface area contributed by atoms with Crippen LogP contribution in [-0.2, 0) is 38.7 Å². The number of carbonyl (C=O) groups excluding carboxylic acids is 1. The molecule has 0 amide bonds. The summed E-state index contributed by atoms with van der Waals surface area (Å²) in [4.78, 5) is 41.5. The molecule has 17 heteroatoms. The summed E-state index contributed by atoms with van der Waals surface area (Å²) >= 11 is 1.15. The number of fused-ring (bicyclic) bond motifs is 2. The fraction of sp³-hybridized carbons (Fsp3) is 0.333. The number of ether oxygens (including phenoxy) is 1. The normalized spacial score (nSPS) is 15.3. The van der Waals surface area contributed by atoms with E-state index in [0.717, 1.165) is 28.2 Å². The summed E-state index contributed by atoms with van der Waals surface area (Å²) in [6.07, 6.45) is -2.91. The zero-order valence-corrected chi connectivity index (χ0v) is 26.8. The lowest BCUT2D eigenvalue weighted by Gasteiger charge is -2.34. The maximum atomic E-state index is 13.3. The number of rotatable bonds is 8. The van der Waals surface area contributed by atoms with Gasteiger partial charge in [-0.1, -0.05) is 18.2 Å². The van der Waals surface area contributed by atoms with E-state index in [9.17, 15) is 31.2 Å². The molecule has 12 nitrogen and oxygen atoms in total. The second-order valence-electron chi connectivity index (χ2n) is 11.0. The van der Waals surface area contributed by atoms with E-state index < -0.39 is 39.4 Å². The topological polar surface area (TPSA) is 140 Å². The maximum absolute atomic E-state index is 13.3. The Labute approximate surface area is 270 Å². The lowest BCUT2D eigenvalue weighted by atomic mass is 10.1. The minimum atomic E-state index is -4.51. The molecule has 1 aliphatic heterocycles. The second kappa shape index (κ2) is 12.6. The third kappa shape index (κ3) is 7.11. The zero-order chi connectivity index (χ0) is 33.5. The van der Waals surface area contributed by atoms with Crippen molar-refractivity contribution in [1.29, 1.82) is 0 Å². The van der Waals surface area contributed by atoms with E-state index in [4.69, 9.17) is 4.74 Å². The van der Waals surface area contributed by atoms with Gasteiger partial charge in [-0.05, 0) is 37.3 Å². The molecule has 1 unspecified atom stereocenters. The average Bonchev–Trinajstić information content (AvgIpc) is 3.44. The number of carbonyl (C=O) groups is 1. The molecule has 0 radical (unpaired) electrons. The molecule has 0 saturated carbocycles. The quantitative estimate of drug-likeness (QED) is 0.221. The van der Waals surface area contributed by atoms with Gasteiger partial charge < -0.3 is 9.64 Å². The standard InChI is InChI=1S/C30H28F3N7O5S2/c1-18(28-34-10-9-25(36-28)38-11-13-39(14-12-38)47(2,43)44)45-27(41)16-22-20-5-3-4-6-21(20)29(42)40(37-22)17-26-35-23-15-19(30(31,32)33)7-8-24(23)46-26/h3-10,15,18H,11-14,16-17H2,1-2H3. The molecule has 0 aliphatic carbocycles. The van der Waals surface area contributed by atoms with Gasteiger partial charge >= 0.3 is 12.1 Å². The van der Waals surface area contributed by atoms with Crippen molar-refractivity contribution in [2.45, 2.75) is 32.2 Å². The number of halogens is 3. The van der Waals surface area contributed by atoms with Crippen molar-refractivity contribution in [3.05, 3.63) is 87.2 Å². The Morgan fingerprint density at radius 1 is 1.04 bits per heavy atom. The van der Waals surface area contributed by atoms with Gasteiger partial charge in [-0.2, -0.15) is 22.6 Å². The van der Waals surface area contributed by atoms with Crippen LogP contribution in [0.1, 0.15) is 35.1 Å². The summed E-state index contributed by atoms with van der Waals surface area (Å²) in [5.41, 5.74) is -0.823. The Balaban J connectivity index is 1.19. The van der Waals surface area contributed by atoms with Gasteiger partial charge in [0, 0.05) is 37.8 Å². The monoisotopic (exact) mass is 687 g/mol. The van der Waals surface area contributed by atoms with Crippen molar-refractivity contribution < 1.29 is 31.1 Å². The number of nitrogens with zero attached hydrogens (tertiary/aromatic N) is 7. The third-order valence-corrected chi connectivity index (χ3v) is 9.99. The second-order valence-corrected chi connectivity index (χ2v) is 14.1. The van der Waals surface area contributed by atoms with Crippen molar-refractivity contribution >= 4 is 54.1 Å². The first-order valence-electron chi connectivity index (χ1n) is 14.4. The lowest BCUT2D eigenvalue weighted by molar-refractivity contribution is -0.148. The molecule has 4 heterocycles. The molecule has 3 aromatic heterocycles. The molecule has 2 aromatic carbocycles. The third-order valence-electron chi connectivity index (χ3n) is 7.66. The molecular weight excluding hydrogens is 660 g/mol. The van der Waals surface area contributed by atoms with Gasteiger partial charge in [-0.3, -0.25) is 9.59 Å². The van der Waals surface area contributed by atoms with Crippen LogP contribution in [0.5, 0.6) is 0 Å². The summed E-state index contributed by atoms with van der Waals surface area (Å²) in [7, 11) is -3.28. The van der Waals surface area contributed by atoms with Gasteiger partial charge in [-0.15, -0.1) is 11.3 Å². The van der Waals surface area contributed by atoms with Gasteiger partial charge in [0.05, 0.1) is 46.1 Å². The average molecular weight is 688 g/mol. The van der Waals surface area contributed by atoms with Crippen molar-refractivity contribution in [1.82, 2.24) is 29.0 Å². The molecule has 6 rings (SSSR count). The molecule has 1 fully saturated rings. The summed E-state index contributed by atoms with van der Waals surface area (Å²) in [5, 5.41) is 5.60. The van der Waals surface area contributed by atoms with Crippen LogP contribution in [0, 0.1) is 0 Å². The van der Waals surface area contributed by atoms with E-state index in [1.54, 1.807) is 43.5 Å². The van der Waals surface area contributed by atoms with E-state index in [2.05, 4.69) is 20.1 Å². The summed E-state index contributed by atoms with van der Waals surface area (Å²) in [6.45, 7) is 3.05. The highest BCUT2D eigenvalue weighted by atomic mass is 32.2. The molecule has 1 saturated heterocycles. The molecule has 1 atom stereocenters. The van der Waals surface area contributed by atoms with Crippen molar-refractivity contribution in [3.8, 4) is 0 Å². The molecule has 0 spiro atoms. The minimum Gasteiger partial charge on any atom is -0.454 e. The number of sulfonamides is 1. The Hall–Kier alpha value is -4.48. The van der Waals surface area contributed by atoms with E-state index in [0.29, 0.717) is 52.5 Å². The fourth-order valence-electron chi connectivity index (χ4n) is 5.30. The first-order chi connectivity index (χ1) is 22.3. The number of alkyl halides is 3. The first-order valence-corrected chi connectivity index (χ1v) is 17.1. The number of thiazole rings is 1. The number of hydrogen-bond acceptors (Lipinski definition) is 11. The minimum absolute atomic E-state index is 0.109. The Morgan fingerprint density at radius 3 is 2.47 bits per heavy atom. The molecule has 5 aromatic rings. The number of esters is 1. The van der Waals surface area contributed by atoms with Crippen LogP contribution in [0.15, 0.2) is 59.5 Å². The number of aromatic nitrogens is 5. The van der Waals surface area contributed by atoms with Crippen LogP contribution in [0.4, 0.5) is 19.0 Å². The van der Waals surface area contributed by atoms with Gasteiger partial charge in [0.15, 0.2) is 11.9 Å². The summed E-state index contributed by atoms with van der Waals surface area (Å²) < 4.78 is 72.0. The van der Waals surface area contributed by atoms with Gasteiger partial charge in [0.2, 0.25) is 10.0 Å². The summed E-state index contributed by atoms with van der Waals surface area (Å²) in [6, 6.07) is 11.7. The van der Waals surface area contributed by atoms with E-state index in [-0.39, 0.29) is 30.0 Å². The molecule has 0 bridgehead atoms. The van der Waals surface area contributed by atoms with Crippen molar-refractivity contribution in [2.24, 2.45) is 0 Å².